The Morgan fingerprint density at radius 3 is 1.97 bits per heavy atom. The van der Waals surface area contributed by atoms with Gasteiger partial charge in [-0.1, -0.05) is 31.1 Å². The van der Waals surface area contributed by atoms with Crippen molar-refractivity contribution in [3.05, 3.63) is 42.0 Å². The number of allylic oxidation sites excluding steroid dienone is 2. The smallest absolute Gasteiger partial charge is 0.406 e. The molecule has 0 radical (unpaired) electrons. The highest BCUT2D eigenvalue weighted by Crippen LogP contribution is 2.40. The van der Waals surface area contributed by atoms with Gasteiger partial charge in [0.1, 0.15) is 5.75 Å². The fraction of sp³-hybridized carbons (Fsp3) is 0.625. The van der Waals surface area contributed by atoms with Crippen LogP contribution in [0.15, 0.2) is 36.4 Å². The summed E-state index contributed by atoms with van der Waals surface area (Å²) in [7, 11) is 0. The van der Waals surface area contributed by atoms with Crippen LogP contribution in [0.5, 0.6) is 5.75 Å². The molecule has 29 heavy (non-hydrogen) atoms. The minimum absolute atomic E-state index is 0.146. The lowest BCUT2D eigenvalue weighted by Crippen LogP contribution is -2.18. The van der Waals surface area contributed by atoms with E-state index >= 15 is 0 Å². The first-order chi connectivity index (χ1) is 13.9. The summed E-state index contributed by atoms with van der Waals surface area (Å²) in [5.41, 5.74) is 1.13. The molecule has 1 aromatic carbocycles. The monoisotopic (exact) mass is 405 g/mol. The van der Waals surface area contributed by atoms with E-state index in [4.69, 9.17) is 5.26 Å². The van der Waals surface area contributed by atoms with Gasteiger partial charge in [-0.3, -0.25) is 0 Å². The molecule has 0 N–H and O–H groups in total. The third kappa shape index (κ3) is 7.10. The molecule has 2 aliphatic rings. The number of hydrogen-bond donors (Lipinski definition) is 0. The lowest BCUT2D eigenvalue weighted by Gasteiger charge is -2.31. The lowest BCUT2D eigenvalue weighted by atomic mass is 9.74. The van der Waals surface area contributed by atoms with Gasteiger partial charge < -0.3 is 4.74 Å². The number of hydrogen-bond acceptors (Lipinski definition) is 2. The van der Waals surface area contributed by atoms with Gasteiger partial charge in [-0.25, -0.2) is 0 Å². The maximum absolute atomic E-state index is 12.3. The second kappa shape index (κ2) is 10.2. The van der Waals surface area contributed by atoms with Crippen molar-refractivity contribution in [2.24, 2.45) is 17.8 Å². The van der Waals surface area contributed by atoms with Crippen LogP contribution in [-0.2, 0) is 0 Å². The van der Waals surface area contributed by atoms with E-state index in [0.717, 1.165) is 30.2 Å². The fourth-order valence-corrected chi connectivity index (χ4v) is 5.05. The lowest BCUT2D eigenvalue weighted by molar-refractivity contribution is -0.274. The Hall–Kier alpha value is -1.96. The van der Waals surface area contributed by atoms with E-state index in [-0.39, 0.29) is 5.75 Å². The highest BCUT2D eigenvalue weighted by molar-refractivity contribution is 5.29. The molecule has 3 rings (SSSR count). The third-order valence-electron chi connectivity index (χ3n) is 6.75. The van der Waals surface area contributed by atoms with E-state index in [2.05, 4.69) is 16.9 Å². The van der Waals surface area contributed by atoms with Crippen molar-refractivity contribution in [1.82, 2.24) is 0 Å². The molecule has 0 aliphatic heterocycles. The van der Waals surface area contributed by atoms with Crippen LogP contribution in [0.4, 0.5) is 13.2 Å². The molecule has 2 aliphatic carbocycles. The molecule has 0 spiro atoms. The van der Waals surface area contributed by atoms with Crippen molar-refractivity contribution < 1.29 is 17.9 Å². The van der Waals surface area contributed by atoms with Crippen molar-refractivity contribution in [1.29, 1.82) is 5.26 Å². The zero-order valence-corrected chi connectivity index (χ0v) is 16.8. The summed E-state index contributed by atoms with van der Waals surface area (Å²) in [5, 5.41) is 8.64. The molecular weight excluding hydrogens is 375 g/mol. The summed E-state index contributed by atoms with van der Waals surface area (Å²) >= 11 is 0. The van der Waals surface area contributed by atoms with Gasteiger partial charge in [0.15, 0.2) is 0 Å². The largest absolute Gasteiger partial charge is 0.573 e. The van der Waals surface area contributed by atoms with E-state index in [1.807, 2.05) is 0 Å². The Bertz CT molecular complexity index is 688. The van der Waals surface area contributed by atoms with Crippen LogP contribution in [0, 0.1) is 29.1 Å². The Morgan fingerprint density at radius 2 is 1.45 bits per heavy atom. The van der Waals surface area contributed by atoms with Gasteiger partial charge in [0.2, 0.25) is 0 Å². The van der Waals surface area contributed by atoms with Crippen molar-refractivity contribution in [3.63, 3.8) is 0 Å². The molecule has 0 atom stereocenters. The molecule has 0 heterocycles. The molecule has 2 nitrogen and oxygen atoms in total. The number of nitrogens with zero attached hydrogens (tertiary/aromatic N) is 1. The Balaban J connectivity index is 1.37. The first-order valence-corrected chi connectivity index (χ1v) is 10.8. The van der Waals surface area contributed by atoms with Crippen LogP contribution in [0.25, 0.3) is 0 Å². The van der Waals surface area contributed by atoms with Gasteiger partial charge in [0.05, 0.1) is 6.07 Å². The van der Waals surface area contributed by atoms with Gasteiger partial charge >= 0.3 is 6.36 Å². The predicted octanol–water partition coefficient (Wildman–Crippen LogP) is 7.53. The van der Waals surface area contributed by atoms with Crippen LogP contribution in [0.3, 0.4) is 0 Å². The SMILES string of the molecule is N#CC=C[C@H]1CC[C@H](CC[C@H]2CC[C@H](c3ccc(OC(F)(F)F)cc3)CC2)CC1. The number of halogens is 3. The molecule has 158 valence electrons. The molecule has 0 bridgehead atoms. The maximum Gasteiger partial charge on any atom is 0.573 e. The standard InChI is InChI=1S/C24H30F3NO/c25-24(26,27)29-23-15-13-22(14-16-23)21-11-9-20(10-12-21)8-7-19-5-3-18(4-6-19)2-1-17-28/h1-2,13-16,18-21H,3-12H2/t18-,19-,20-,21-. The van der Waals surface area contributed by atoms with Crippen molar-refractivity contribution in [3.8, 4) is 11.8 Å². The zero-order chi connectivity index (χ0) is 20.7. The van der Waals surface area contributed by atoms with E-state index in [1.165, 1.54) is 63.5 Å². The van der Waals surface area contributed by atoms with E-state index in [9.17, 15) is 13.2 Å². The quantitative estimate of drug-likeness (QED) is 0.458. The summed E-state index contributed by atoms with van der Waals surface area (Å²) in [6.07, 6.45) is 11.3. The first kappa shape index (κ1) is 21.7. The van der Waals surface area contributed by atoms with Crippen LogP contribution >= 0.6 is 0 Å². The van der Waals surface area contributed by atoms with Crippen molar-refractivity contribution in [2.75, 3.05) is 0 Å². The molecule has 1 aromatic rings. The number of benzene rings is 1. The van der Waals surface area contributed by atoms with E-state index in [0.29, 0.717) is 11.8 Å². The minimum Gasteiger partial charge on any atom is -0.406 e. The van der Waals surface area contributed by atoms with Crippen molar-refractivity contribution in [2.45, 2.75) is 76.5 Å². The third-order valence-corrected chi connectivity index (χ3v) is 6.75. The zero-order valence-electron chi connectivity index (χ0n) is 16.8. The number of nitriles is 1. The summed E-state index contributed by atoms with van der Waals surface area (Å²) in [6, 6.07) is 8.51. The normalized spacial score (nSPS) is 28.2. The topological polar surface area (TPSA) is 33.0 Å². The molecule has 0 unspecified atom stereocenters. The summed E-state index contributed by atoms with van der Waals surface area (Å²) in [4.78, 5) is 0. The first-order valence-electron chi connectivity index (χ1n) is 10.8. The average molecular weight is 406 g/mol. The highest BCUT2D eigenvalue weighted by atomic mass is 19.4. The second-order valence-corrected chi connectivity index (χ2v) is 8.68. The van der Waals surface area contributed by atoms with Crippen LogP contribution in [0.1, 0.15) is 75.7 Å². The van der Waals surface area contributed by atoms with Gasteiger partial charge in [-0.05, 0) is 92.7 Å². The van der Waals surface area contributed by atoms with Crippen LogP contribution in [-0.4, -0.2) is 6.36 Å². The minimum atomic E-state index is -4.63. The maximum atomic E-state index is 12.3. The highest BCUT2D eigenvalue weighted by Gasteiger charge is 2.31. The van der Waals surface area contributed by atoms with E-state index < -0.39 is 6.36 Å². The number of ether oxygens (including phenoxy) is 1. The Labute approximate surface area is 171 Å². The average Bonchev–Trinajstić information content (AvgIpc) is 2.71. The van der Waals surface area contributed by atoms with Gasteiger partial charge in [0.25, 0.3) is 0 Å². The molecule has 0 saturated heterocycles. The van der Waals surface area contributed by atoms with Gasteiger partial charge in [-0.2, -0.15) is 5.26 Å². The molecule has 0 amide bonds. The van der Waals surface area contributed by atoms with Crippen molar-refractivity contribution >= 4 is 0 Å². The summed E-state index contributed by atoms with van der Waals surface area (Å²) in [5.74, 6) is 2.52. The Kier molecular flexibility index (Phi) is 7.64. The number of alkyl halides is 3. The van der Waals surface area contributed by atoms with Gasteiger partial charge in [-0.15, -0.1) is 13.2 Å². The van der Waals surface area contributed by atoms with Crippen LogP contribution in [0.2, 0.25) is 0 Å². The molecule has 2 fully saturated rings. The second-order valence-electron chi connectivity index (χ2n) is 8.68. The molecule has 0 aromatic heterocycles. The summed E-state index contributed by atoms with van der Waals surface area (Å²) < 4.78 is 40.8. The summed E-state index contributed by atoms with van der Waals surface area (Å²) in [6.45, 7) is 0. The van der Waals surface area contributed by atoms with Gasteiger partial charge in [0, 0.05) is 6.08 Å². The van der Waals surface area contributed by atoms with Crippen LogP contribution < -0.4 is 4.74 Å². The molecule has 2 saturated carbocycles. The van der Waals surface area contributed by atoms with E-state index in [1.54, 1.807) is 18.2 Å². The Morgan fingerprint density at radius 1 is 0.897 bits per heavy atom. The molecular formula is C24H30F3NO. The predicted molar refractivity (Wildman–Crippen MR) is 107 cm³/mol. The fourth-order valence-electron chi connectivity index (χ4n) is 5.05. The number of rotatable bonds is 6. The molecule has 5 heteroatoms.